The first-order chi connectivity index (χ1) is 12.7. The first-order valence-corrected chi connectivity index (χ1v) is 9.27. The second-order valence-electron chi connectivity index (χ2n) is 7.27. The minimum atomic E-state index is 0.0285. The van der Waals surface area contributed by atoms with Gasteiger partial charge in [-0.05, 0) is 37.8 Å². The summed E-state index contributed by atoms with van der Waals surface area (Å²) in [6.07, 6.45) is 6.02. The number of nitrogens with zero attached hydrogens (tertiary/aromatic N) is 5. The number of hydrogen-bond donors (Lipinski definition) is 0. The van der Waals surface area contributed by atoms with Crippen LogP contribution in [-0.2, 0) is 0 Å². The lowest BCUT2D eigenvalue weighted by Gasteiger charge is -2.30. The van der Waals surface area contributed by atoms with Crippen molar-refractivity contribution in [2.24, 2.45) is 0 Å². The van der Waals surface area contributed by atoms with Crippen molar-refractivity contribution in [1.82, 2.24) is 24.5 Å². The molecule has 0 radical (unpaired) electrons. The van der Waals surface area contributed by atoms with Crippen LogP contribution in [0.25, 0.3) is 5.52 Å². The van der Waals surface area contributed by atoms with E-state index in [1.165, 1.54) is 0 Å². The van der Waals surface area contributed by atoms with Crippen LogP contribution in [0.5, 0.6) is 0 Å². The molecule has 0 bridgehead atoms. The van der Waals surface area contributed by atoms with E-state index in [-0.39, 0.29) is 11.8 Å². The third-order valence-corrected chi connectivity index (χ3v) is 5.39. The van der Waals surface area contributed by atoms with E-state index in [1.54, 1.807) is 6.92 Å². The molecule has 0 atom stereocenters. The van der Waals surface area contributed by atoms with Crippen LogP contribution >= 0.6 is 0 Å². The van der Waals surface area contributed by atoms with E-state index in [0.29, 0.717) is 36.5 Å². The van der Waals surface area contributed by atoms with Gasteiger partial charge in [0.1, 0.15) is 5.82 Å². The number of pyridine rings is 1. The molecule has 7 heteroatoms. The van der Waals surface area contributed by atoms with Gasteiger partial charge in [-0.2, -0.15) is 0 Å². The van der Waals surface area contributed by atoms with Crippen LogP contribution in [0.3, 0.4) is 0 Å². The molecule has 7 nitrogen and oxygen atoms in total. The summed E-state index contributed by atoms with van der Waals surface area (Å²) in [4.78, 5) is 19.8. The summed E-state index contributed by atoms with van der Waals surface area (Å²) in [7, 11) is 0. The Balaban J connectivity index is 1.37. The van der Waals surface area contributed by atoms with Crippen LogP contribution in [0.2, 0.25) is 0 Å². The van der Waals surface area contributed by atoms with Crippen LogP contribution in [-0.4, -0.2) is 43.5 Å². The maximum absolute atomic E-state index is 13.1. The van der Waals surface area contributed by atoms with E-state index < -0.39 is 0 Å². The molecule has 0 N–H and O–H groups in total. The maximum Gasteiger partial charge on any atom is 0.274 e. The average Bonchev–Trinajstić information content (AvgIpc) is 3.31. The molecule has 3 aromatic rings. The summed E-state index contributed by atoms with van der Waals surface area (Å²) in [5.74, 6) is 3.08. The van der Waals surface area contributed by atoms with Gasteiger partial charge >= 0.3 is 0 Å². The number of rotatable bonds is 3. The Labute approximate surface area is 151 Å². The Bertz CT molecular complexity index is 963. The van der Waals surface area contributed by atoms with Gasteiger partial charge in [-0.1, -0.05) is 6.07 Å². The van der Waals surface area contributed by atoms with E-state index in [2.05, 4.69) is 14.6 Å². The topological polar surface area (TPSA) is 76.5 Å². The number of carbonyl (C=O) groups excluding carboxylic acids is 1. The van der Waals surface area contributed by atoms with Gasteiger partial charge in [0, 0.05) is 38.0 Å². The van der Waals surface area contributed by atoms with Crippen LogP contribution in [0, 0.1) is 6.92 Å². The number of aromatic nitrogens is 4. The highest BCUT2D eigenvalue weighted by Crippen LogP contribution is 2.40. The highest BCUT2D eigenvalue weighted by atomic mass is 16.4. The van der Waals surface area contributed by atoms with Gasteiger partial charge in [-0.3, -0.25) is 4.79 Å². The summed E-state index contributed by atoms with van der Waals surface area (Å²) in [5, 5.41) is 8.05. The number of hydrogen-bond acceptors (Lipinski definition) is 5. The van der Waals surface area contributed by atoms with Crippen molar-refractivity contribution in [3.05, 3.63) is 47.7 Å². The Kier molecular flexibility index (Phi) is 3.55. The first kappa shape index (κ1) is 15.5. The van der Waals surface area contributed by atoms with Crippen molar-refractivity contribution in [2.75, 3.05) is 13.1 Å². The lowest BCUT2D eigenvalue weighted by molar-refractivity contribution is 0.0702. The molecule has 0 unspecified atom stereocenters. The van der Waals surface area contributed by atoms with Gasteiger partial charge < -0.3 is 13.7 Å². The van der Waals surface area contributed by atoms with Gasteiger partial charge in [-0.25, -0.2) is 4.98 Å². The monoisotopic (exact) mass is 351 g/mol. The first-order valence-electron chi connectivity index (χ1n) is 9.27. The van der Waals surface area contributed by atoms with Crippen molar-refractivity contribution in [1.29, 1.82) is 0 Å². The predicted molar refractivity (Wildman–Crippen MR) is 94.1 cm³/mol. The summed E-state index contributed by atoms with van der Waals surface area (Å²) < 4.78 is 7.64. The zero-order chi connectivity index (χ0) is 17.7. The molecule has 1 aliphatic heterocycles. The quantitative estimate of drug-likeness (QED) is 0.725. The molecular weight excluding hydrogens is 330 g/mol. The van der Waals surface area contributed by atoms with Gasteiger partial charge in [0.25, 0.3) is 5.91 Å². The average molecular weight is 351 g/mol. The molecule has 2 aliphatic rings. The maximum atomic E-state index is 13.1. The number of likely N-dealkylation sites (tertiary alicyclic amines) is 1. The van der Waals surface area contributed by atoms with E-state index in [9.17, 15) is 4.79 Å². The van der Waals surface area contributed by atoms with Crippen molar-refractivity contribution in [2.45, 2.75) is 44.4 Å². The summed E-state index contributed by atoms with van der Waals surface area (Å²) in [5.41, 5.74) is 1.49. The summed E-state index contributed by atoms with van der Waals surface area (Å²) >= 11 is 0. The number of carbonyl (C=O) groups is 1. The minimum absolute atomic E-state index is 0.0285. The largest absolute Gasteiger partial charge is 0.425 e. The van der Waals surface area contributed by atoms with Crippen molar-refractivity contribution >= 4 is 11.4 Å². The fraction of sp³-hybridized carbons (Fsp3) is 0.474. The fourth-order valence-corrected chi connectivity index (χ4v) is 3.80. The molecule has 26 heavy (non-hydrogen) atoms. The van der Waals surface area contributed by atoms with Gasteiger partial charge in [0.2, 0.25) is 11.8 Å². The number of amides is 1. The minimum Gasteiger partial charge on any atom is -0.425 e. The van der Waals surface area contributed by atoms with Crippen molar-refractivity contribution in [3.63, 3.8) is 0 Å². The van der Waals surface area contributed by atoms with E-state index in [4.69, 9.17) is 9.40 Å². The summed E-state index contributed by atoms with van der Waals surface area (Å²) in [6.45, 7) is 3.18. The molecule has 134 valence electrons. The lowest BCUT2D eigenvalue weighted by atomic mass is 9.96. The SMILES string of the molecule is Cc1nnc(C2CCN(C(=O)c3nc(C4CC4)n4ccccc34)CC2)o1. The third-order valence-electron chi connectivity index (χ3n) is 5.39. The normalized spacial score (nSPS) is 18.6. The predicted octanol–water partition coefficient (Wildman–Crippen LogP) is 2.92. The number of imidazole rings is 1. The fourth-order valence-electron chi connectivity index (χ4n) is 3.80. The Morgan fingerprint density at radius 2 is 1.92 bits per heavy atom. The zero-order valence-electron chi connectivity index (χ0n) is 14.8. The number of fused-ring (bicyclic) bond motifs is 1. The third kappa shape index (κ3) is 2.58. The second-order valence-corrected chi connectivity index (χ2v) is 7.27. The molecular formula is C19H21N5O2. The van der Waals surface area contributed by atoms with Crippen LogP contribution in [0.15, 0.2) is 28.8 Å². The highest BCUT2D eigenvalue weighted by molar-refractivity contribution is 5.99. The van der Waals surface area contributed by atoms with Gasteiger partial charge in [0.15, 0.2) is 5.69 Å². The molecule has 1 amide bonds. The van der Waals surface area contributed by atoms with E-state index >= 15 is 0 Å². The zero-order valence-corrected chi connectivity index (χ0v) is 14.8. The molecule has 0 aromatic carbocycles. The number of piperidine rings is 1. The lowest BCUT2D eigenvalue weighted by Crippen LogP contribution is -2.38. The summed E-state index contributed by atoms with van der Waals surface area (Å²) in [6, 6.07) is 5.95. The molecule has 0 spiro atoms. The van der Waals surface area contributed by atoms with Crippen LogP contribution < -0.4 is 0 Å². The smallest absolute Gasteiger partial charge is 0.274 e. The second kappa shape index (κ2) is 5.93. The molecule has 1 saturated heterocycles. The van der Waals surface area contributed by atoms with Crippen molar-refractivity contribution < 1.29 is 9.21 Å². The van der Waals surface area contributed by atoms with Gasteiger partial charge in [0.05, 0.1) is 5.52 Å². The number of aryl methyl sites for hydroxylation is 1. The van der Waals surface area contributed by atoms with Crippen molar-refractivity contribution in [3.8, 4) is 0 Å². The molecule has 1 saturated carbocycles. The molecule has 3 aromatic heterocycles. The molecule has 2 fully saturated rings. The van der Waals surface area contributed by atoms with Crippen LogP contribution in [0.4, 0.5) is 0 Å². The molecule has 1 aliphatic carbocycles. The molecule has 5 rings (SSSR count). The standard InChI is InChI=1S/C19H21N5O2/c1-12-21-22-18(26-12)14-7-10-23(11-8-14)19(25)16-15-4-2-3-9-24(15)17(20-16)13-5-6-13/h2-4,9,13-14H,5-8,10-11H2,1H3. The highest BCUT2D eigenvalue weighted by Gasteiger charge is 2.33. The van der Waals surface area contributed by atoms with E-state index in [1.807, 2.05) is 29.3 Å². The Morgan fingerprint density at radius 1 is 1.12 bits per heavy atom. The van der Waals surface area contributed by atoms with E-state index in [0.717, 1.165) is 37.0 Å². The van der Waals surface area contributed by atoms with Crippen LogP contribution in [0.1, 0.15) is 65.6 Å². The Hall–Kier alpha value is -2.70. The molecule has 4 heterocycles. The Morgan fingerprint density at radius 3 is 2.62 bits per heavy atom. The van der Waals surface area contributed by atoms with Gasteiger partial charge in [-0.15, -0.1) is 10.2 Å².